The Bertz CT molecular complexity index is 171. The van der Waals surface area contributed by atoms with Crippen LogP contribution in [0, 0.1) is 0 Å². The zero-order chi connectivity index (χ0) is 8.85. The van der Waals surface area contributed by atoms with Crippen LogP contribution in [0.3, 0.4) is 0 Å². The summed E-state index contributed by atoms with van der Waals surface area (Å²) in [5.41, 5.74) is 0. The van der Waals surface area contributed by atoms with Crippen molar-refractivity contribution in [2.24, 2.45) is 0 Å². The standard InChI is InChI=1S/C7H12O4/c1-2-3-4-5(8)6(9)7(10)11/h8-9H,2-4H2,1H3,(H,10,11)/b6-5-. The summed E-state index contributed by atoms with van der Waals surface area (Å²) in [6, 6.07) is 0. The predicted octanol–water partition coefficient (Wildman–Crippen LogP) is 1.59. The fourth-order valence-corrected chi connectivity index (χ4v) is 0.586. The minimum Gasteiger partial charge on any atom is -0.508 e. The number of hydrogen-bond donors (Lipinski definition) is 3. The molecule has 0 saturated heterocycles. The van der Waals surface area contributed by atoms with Gasteiger partial charge in [-0.3, -0.25) is 0 Å². The first-order valence-electron chi connectivity index (χ1n) is 3.44. The van der Waals surface area contributed by atoms with Gasteiger partial charge in [0.05, 0.1) is 0 Å². The molecule has 0 spiro atoms. The molecule has 0 unspecified atom stereocenters. The largest absolute Gasteiger partial charge is 0.508 e. The number of unbranched alkanes of at least 4 members (excludes halogenated alkanes) is 1. The highest BCUT2D eigenvalue weighted by Gasteiger charge is 2.10. The van der Waals surface area contributed by atoms with Gasteiger partial charge in [0.15, 0.2) is 0 Å². The van der Waals surface area contributed by atoms with Crippen molar-refractivity contribution in [2.45, 2.75) is 26.2 Å². The van der Waals surface area contributed by atoms with E-state index < -0.39 is 17.5 Å². The van der Waals surface area contributed by atoms with Crippen LogP contribution in [0.2, 0.25) is 0 Å². The number of aliphatic hydroxyl groups excluding tert-OH is 2. The van der Waals surface area contributed by atoms with Crippen LogP contribution < -0.4 is 0 Å². The number of aliphatic carboxylic acids is 1. The monoisotopic (exact) mass is 160 g/mol. The van der Waals surface area contributed by atoms with Gasteiger partial charge in [-0.2, -0.15) is 0 Å². The Kier molecular flexibility index (Phi) is 4.10. The van der Waals surface area contributed by atoms with E-state index in [2.05, 4.69) is 0 Å². The van der Waals surface area contributed by atoms with E-state index in [0.29, 0.717) is 6.42 Å². The van der Waals surface area contributed by atoms with Crippen LogP contribution in [0.15, 0.2) is 11.5 Å². The average Bonchev–Trinajstić information content (AvgIpc) is 1.98. The van der Waals surface area contributed by atoms with E-state index >= 15 is 0 Å². The Labute approximate surface area is 64.8 Å². The van der Waals surface area contributed by atoms with Crippen molar-refractivity contribution in [3.8, 4) is 0 Å². The molecule has 0 fully saturated rings. The van der Waals surface area contributed by atoms with E-state index in [9.17, 15) is 4.79 Å². The summed E-state index contributed by atoms with van der Waals surface area (Å²) in [5, 5.41) is 25.7. The van der Waals surface area contributed by atoms with Crippen LogP contribution in [-0.2, 0) is 4.79 Å². The lowest BCUT2D eigenvalue weighted by Gasteiger charge is -1.98. The first kappa shape index (κ1) is 9.81. The van der Waals surface area contributed by atoms with Crippen molar-refractivity contribution in [1.29, 1.82) is 0 Å². The molecule has 0 heterocycles. The molecule has 4 nitrogen and oxygen atoms in total. The summed E-state index contributed by atoms with van der Waals surface area (Å²) < 4.78 is 0. The van der Waals surface area contributed by atoms with E-state index in [-0.39, 0.29) is 6.42 Å². The summed E-state index contributed by atoms with van der Waals surface area (Å²) in [5.74, 6) is -2.88. The third-order valence-electron chi connectivity index (χ3n) is 1.24. The minimum absolute atomic E-state index is 0.217. The highest BCUT2D eigenvalue weighted by atomic mass is 16.4. The van der Waals surface area contributed by atoms with Gasteiger partial charge in [0.25, 0.3) is 0 Å². The van der Waals surface area contributed by atoms with Crippen molar-refractivity contribution in [2.75, 3.05) is 0 Å². The van der Waals surface area contributed by atoms with Crippen molar-refractivity contribution in [3.63, 3.8) is 0 Å². The zero-order valence-electron chi connectivity index (χ0n) is 6.37. The van der Waals surface area contributed by atoms with Crippen LogP contribution in [-0.4, -0.2) is 21.3 Å². The lowest BCUT2D eigenvalue weighted by atomic mass is 10.2. The molecule has 64 valence electrons. The van der Waals surface area contributed by atoms with Gasteiger partial charge in [-0.05, 0) is 6.42 Å². The number of carboxylic acid groups (broad SMARTS) is 1. The second kappa shape index (κ2) is 4.60. The average molecular weight is 160 g/mol. The molecule has 0 aromatic carbocycles. The van der Waals surface area contributed by atoms with Crippen LogP contribution >= 0.6 is 0 Å². The third-order valence-corrected chi connectivity index (χ3v) is 1.24. The Hall–Kier alpha value is -1.19. The molecule has 0 aliphatic rings. The predicted molar refractivity (Wildman–Crippen MR) is 39.4 cm³/mol. The molecule has 0 aromatic heterocycles. The van der Waals surface area contributed by atoms with Crippen molar-refractivity contribution >= 4 is 5.97 Å². The zero-order valence-corrected chi connectivity index (χ0v) is 6.37. The first-order chi connectivity index (χ1) is 5.09. The van der Waals surface area contributed by atoms with E-state index in [0.717, 1.165) is 6.42 Å². The van der Waals surface area contributed by atoms with Crippen LogP contribution in [0.4, 0.5) is 0 Å². The second-order valence-electron chi connectivity index (χ2n) is 2.20. The maximum absolute atomic E-state index is 10.0. The molecule has 0 atom stereocenters. The summed E-state index contributed by atoms with van der Waals surface area (Å²) in [6.45, 7) is 1.91. The molecule has 3 N–H and O–H groups in total. The molecular weight excluding hydrogens is 148 g/mol. The van der Waals surface area contributed by atoms with E-state index in [1.165, 1.54) is 0 Å². The van der Waals surface area contributed by atoms with Crippen molar-refractivity contribution < 1.29 is 20.1 Å². The molecule has 11 heavy (non-hydrogen) atoms. The topological polar surface area (TPSA) is 77.8 Å². The highest BCUT2D eigenvalue weighted by molar-refractivity contribution is 5.84. The number of aliphatic hydroxyl groups is 2. The van der Waals surface area contributed by atoms with Gasteiger partial charge >= 0.3 is 5.97 Å². The molecule has 4 heteroatoms. The van der Waals surface area contributed by atoms with Gasteiger partial charge in [0.1, 0.15) is 5.76 Å². The maximum Gasteiger partial charge on any atom is 0.374 e. The van der Waals surface area contributed by atoms with E-state index in [4.69, 9.17) is 15.3 Å². The number of carbonyl (C=O) groups is 1. The van der Waals surface area contributed by atoms with E-state index in [1.807, 2.05) is 6.92 Å². The first-order valence-corrected chi connectivity index (χ1v) is 3.44. The second-order valence-corrected chi connectivity index (χ2v) is 2.20. The van der Waals surface area contributed by atoms with Crippen molar-refractivity contribution in [3.05, 3.63) is 11.5 Å². The Morgan fingerprint density at radius 1 is 1.27 bits per heavy atom. The molecular formula is C7H12O4. The molecule has 0 rings (SSSR count). The van der Waals surface area contributed by atoms with Gasteiger partial charge in [0.2, 0.25) is 5.76 Å². The summed E-state index contributed by atoms with van der Waals surface area (Å²) in [6.07, 6.45) is 1.73. The smallest absolute Gasteiger partial charge is 0.374 e. The lowest BCUT2D eigenvalue weighted by molar-refractivity contribution is -0.135. The Balaban J connectivity index is 4.05. The molecule has 0 aliphatic heterocycles. The van der Waals surface area contributed by atoms with Crippen LogP contribution in [0.5, 0.6) is 0 Å². The molecule has 0 radical (unpaired) electrons. The maximum atomic E-state index is 10.0. The molecule has 0 bridgehead atoms. The van der Waals surface area contributed by atoms with Gasteiger partial charge in [-0.1, -0.05) is 13.3 Å². The SMILES string of the molecule is CCCC/C(O)=C(/O)C(=O)O. The van der Waals surface area contributed by atoms with E-state index in [1.54, 1.807) is 0 Å². The molecule has 0 aliphatic carbocycles. The molecule has 0 saturated carbocycles. The lowest BCUT2D eigenvalue weighted by Crippen LogP contribution is -2.03. The molecule has 0 amide bonds. The number of hydrogen-bond acceptors (Lipinski definition) is 3. The third kappa shape index (κ3) is 3.50. The van der Waals surface area contributed by atoms with Crippen LogP contribution in [0.25, 0.3) is 0 Å². The summed E-state index contributed by atoms with van der Waals surface area (Å²) in [4.78, 5) is 10.0. The number of carboxylic acids is 1. The van der Waals surface area contributed by atoms with Crippen LogP contribution in [0.1, 0.15) is 26.2 Å². The fraction of sp³-hybridized carbons (Fsp3) is 0.571. The normalized spacial score (nSPS) is 12.5. The fourth-order valence-electron chi connectivity index (χ4n) is 0.586. The molecule has 0 aromatic rings. The number of allylic oxidation sites excluding steroid dienone is 1. The summed E-state index contributed by atoms with van der Waals surface area (Å²) in [7, 11) is 0. The van der Waals surface area contributed by atoms with Gasteiger partial charge in [-0.25, -0.2) is 4.79 Å². The van der Waals surface area contributed by atoms with Crippen molar-refractivity contribution in [1.82, 2.24) is 0 Å². The Morgan fingerprint density at radius 3 is 2.18 bits per heavy atom. The quantitative estimate of drug-likeness (QED) is 0.431. The number of rotatable bonds is 4. The van der Waals surface area contributed by atoms with Gasteiger partial charge in [-0.15, -0.1) is 0 Å². The summed E-state index contributed by atoms with van der Waals surface area (Å²) >= 11 is 0. The van der Waals surface area contributed by atoms with Gasteiger partial charge < -0.3 is 15.3 Å². The minimum atomic E-state index is -1.49. The Morgan fingerprint density at radius 2 is 1.82 bits per heavy atom. The van der Waals surface area contributed by atoms with Gasteiger partial charge in [0, 0.05) is 6.42 Å². The highest BCUT2D eigenvalue weighted by Crippen LogP contribution is 2.07.